The fourth-order valence-corrected chi connectivity index (χ4v) is 1.73. The Hall–Kier alpha value is 0. The van der Waals surface area contributed by atoms with Gasteiger partial charge in [-0.25, -0.2) is 0 Å². The van der Waals surface area contributed by atoms with Crippen LogP contribution < -0.4 is 0 Å². The van der Waals surface area contributed by atoms with Crippen molar-refractivity contribution in [3.05, 3.63) is 0 Å². The SMILES string of the molecule is CC(C)C(C)CC(C)C(C)C(C)C. The summed E-state index contributed by atoms with van der Waals surface area (Å²) in [5, 5.41) is 0. The Balaban J connectivity index is 3.92. The molecule has 0 heteroatoms. The van der Waals surface area contributed by atoms with Crippen molar-refractivity contribution < 1.29 is 0 Å². The molecule has 13 heavy (non-hydrogen) atoms. The molecule has 0 nitrogen and oxygen atoms in total. The molecule has 0 fully saturated rings. The van der Waals surface area contributed by atoms with Crippen molar-refractivity contribution in [1.82, 2.24) is 0 Å². The van der Waals surface area contributed by atoms with Crippen molar-refractivity contribution in [2.45, 2.75) is 54.9 Å². The monoisotopic (exact) mass is 184 g/mol. The molecule has 3 atom stereocenters. The predicted octanol–water partition coefficient (Wildman–Crippen LogP) is 4.60. The minimum absolute atomic E-state index is 0.828. The summed E-state index contributed by atoms with van der Waals surface area (Å²) in [4.78, 5) is 0. The molecule has 0 saturated carbocycles. The van der Waals surface area contributed by atoms with Gasteiger partial charge < -0.3 is 0 Å². The van der Waals surface area contributed by atoms with Crippen LogP contribution in [-0.4, -0.2) is 0 Å². The van der Waals surface area contributed by atoms with Crippen molar-refractivity contribution in [1.29, 1.82) is 0 Å². The van der Waals surface area contributed by atoms with Crippen LogP contribution in [0.15, 0.2) is 0 Å². The van der Waals surface area contributed by atoms with Gasteiger partial charge in [0.25, 0.3) is 0 Å². The second-order valence-electron chi connectivity index (χ2n) is 5.54. The zero-order chi connectivity index (χ0) is 10.6. The van der Waals surface area contributed by atoms with E-state index in [4.69, 9.17) is 0 Å². The van der Waals surface area contributed by atoms with Crippen LogP contribution in [0.25, 0.3) is 0 Å². The van der Waals surface area contributed by atoms with Gasteiger partial charge >= 0.3 is 0 Å². The summed E-state index contributed by atoms with van der Waals surface area (Å²) in [5.74, 6) is 4.27. The standard InChI is InChI=1S/C13H28/c1-9(2)11(5)8-12(6)13(7)10(3)4/h9-13H,8H2,1-7H3. The van der Waals surface area contributed by atoms with Crippen LogP contribution in [0.2, 0.25) is 0 Å². The summed E-state index contributed by atoms with van der Waals surface area (Å²) in [5.41, 5.74) is 0. The average Bonchev–Trinajstić information content (AvgIpc) is 2.02. The first-order valence-electron chi connectivity index (χ1n) is 5.86. The maximum absolute atomic E-state index is 2.41. The highest BCUT2D eigenvalue weighted by Gasteiger charge is 2.19. The molecule has 0 aliphatic rings. The van der Waals surface area contributed by atoms with E-state index in [1.165, 1.54) is 6.42 Å². The highest BCUT2D eigenvalue weighted by molar-refractivity contribution is 4.69. The molecule has 0 spiro atoms. The number of rotatable bonds is 5. The molecule has 3 unspecified atom stereocenters. The lowest BCUT2D eigenvalue weighted by atomic mass is 9.79. The number of hydrogen-bond donors (Lipinski definition) is 0. The summed E-state index contributed by atoms with van der Waals surface area (Å²) in [7, 11) is 0. The van der Waals surface area contributed by atoms with Gasteiger partial charge in [-0.1, -0.05) is 48.5 Å². The second kappa shape index (κ2) is 5.67. The lowest BCUT2D eigenvalue weighted by Crippen LogP contribution is -2.18. The normalized spacial score (nSPS) is 19.2. The lowest BCUT2D eigenvalue weighted by molar-refractivity contribution is 0.229. The molecule has 0 aliphatic heterocycles. The first kappa shape index (κ1) is 13.0. The van der Waals surface area contributed by atoms with Gasteiger partial charge in [0.2, 0.25) is 0 Å². The molecule has 0 rings (SSSR count). The summed E-state index contributed by atoms with van der Waals surface area (Å²) < 4.78 is 0. The van der Waals surface area contributed by atoms with Gasteiger partial charge in [-0.3, -0.25) is 0 Å². The van der Waals surface area contributed by atoms with Crippen LogP contribution >= 0.6 is 0 Å². The van der Waals surface area contributed by atoms with E-state index in [1.807, 2.05) is 0 Å². The van der Waals surface area contributed by atoms with E-state index in [-0.39, 0.29) is 0 Å². The van der Waals surface area contributed by atoms with Gasteiger partial charge in [0, 0.05) is 0 Å². The van der Waals surface area contributed by atoms with Gasteiger partial charge in [0.05, 0.1) is 0 Å². The molecular formula is C13H28. The van der Waals surface area contributed by atoms with Crippen LogP contribution in [0.3, 0.4) is 0 Å². The smallest absolute Gasteiger partial charge is 0.0394 e. The fraction of sp³-hybridized carbons (Fsp3) is 1.00. The highest BCUT2D eigenvalue weighted by atomic mass is 14.2. The van der Waals surface area contributed by atoms with E-state index < -0.39 is 0 Å². The van der Waals surface area contributed by atoms with Crippen LogP contribution in [0.4, 0.5) is 0 Å². The van der Waals surface area contributed by atoms with Crippen molar-refractivity contribution in [3.63, 3.8) is 0 Å². The zero-order valence-electron chi connectivity index (χ0n) is 10.6. The molecule has 0 aromatic carbocycles. The maximum atomic E-state index is 2.41. The Morgan fingerprint density at radius 2 is 1.08 bits per heavy atom. The molecule has 0 aromatic rings. The van der Waals surface area contributed by atoms with Crippen LogP contribution in [0.1, 0.15) is 54.9 Å². The van der Waals surface area contributed by atoms with E-state index in [2.05, 4.69) is 48.5 Å². The third kappa shape index (κ3) is 4.69. The maximum Gasteiger partial charge on any atom is -0.0394 e. The van der Waals surface area contributed by atoms with E-state index in [0.717, 1.165) is 29.6 Å². The first-order valence-corrected chi connectivity index (χ1v) is 5.86. The summed E-state index contributed by atoms with van der Waals surface area (Å²) >= 11 is 0. The molecule has 0 aromatic heterocycles. The van der Waals surface area contributed by atoms with Crippen LogP contribution in [0, 0.1) is 29.6 Å². The van der Waals surface area contributed by atoms with E-state index in [0.29, 0.717) is 0 Å². The van der Waals surface area contributed by atoms with Crippen molar-refractivity contribution >= 4 is 0 Å². The van der Waals surface area contributed by atoms with Crippen LogP contribution in [0.5, 0.6) is 0 Å². The summed E-state index contributed by atoms with van der Waals surface area (Å²) in [6.07, 6.45) is 1.39. The largest absolute Gasteiger partial charge is 0.0625 e. The van der Waals surface area contributed by atoms with Crippen molar-refractivity contribution in [3.8, 4) is 0 Å². The molecule has 0 aliphatic carbocycles. The first-order chi connectivity index (χ1) is 5.86. The Morgan fingerprint density at radius 1 is 0.615 bits per heavy atom. The third-order valence-electron chi connectivity index (χ3n) is 3.83. The fourth-order valence-electron chi connectivity index (χ4n) is 1.73. The van der Waals surface area contributed by atoms with Gasteiger partial charge in [0.1, 0.15) is 0 Å². The predicted molar refractivity (Wildman–Crippen MR) is 61.8 cm³/mol. The second-order valence-corrected chi connectivity index (χ2v) is 5.54. The summed E-state index contributed by atoms with van der Waals surface area (Å²) in [6.45, 7) is 16.5. The molecular weight excluding hydrogens is 156 g/mol. The van der Waals surface area contributed by atoms with Gasteiger partial charge in [-0.05, 0) is 36.0 Å². The van der Waals surface area contributed by atoms with Gasteiger partial charge in [-0.2, -0.15) is 0 Å². The summed E-state index contributed by atoms with van der Waals surface area (Å²) in [6, 6.07) is 0. The third-order valence-corrected chi connectivity index (χ3v) is 3.83. The van der Waals surface area contributed by atoms with Crippen molar-refractivity contribution in [2.24, 2.45) is 29.6 Å². The lowest BCUT2D eigenvalue weighted by Gasteiger charge is -2.27. The molecule has 0 amide bonds. The van der Waals surface area contributed by atoms with E-state index >= 15 is 0 Å². The Labute approximate surface area is 85.1 Å². The van der Waals surface area contributed by atoms with Crippen molar-refractivity contribution in [2.75, 3.05) is 0 Å². The highest BCUT2D eigenvalue weighted by Crippen LogP contribution is 2.28. The molecule has 0 bridgehead atoms. The van der Waals surface area contributed by atoms with E-state index in [9.17, 15) is 0 Å². The van der Waals surface area contributed by atoms with Gasteiger partial charge in [-0.15, -0.1) is 0 Å². The zero-order valence-corrected chi connectivity index (χ0v) is 10.6. The van der Waals surface area contributed by atoms with E-state index in [1.54, 1.807) is 0 Å². The minimum Gasteiger partial charge on any atom is -0.0625 e. The Morgan fingerprint density at radius 3 is 1.38 bits per heavy atom. The Bertz CT molecular complexity index is 124. The topological polar surface area (TPSA) is 0 Å². The molecule has 0 radical (unpaired) electrons. The molecule has 80 valence electrons. The average molecular weight is 184 g/mol. The Kier molecular flexibility index (Phi) is 5.67. The quantitative estimate of drug-likeness (QED) is 0.586. The van der Waals surface area contributed by atoms with Gasteiger partial charge in [0.15, 0.2) is 0 Å². The molecule has 0 N–H and O–H groups in total. The molecule has 0 heterocycles. The molecule has 0 saturated heterocycles. The van der Waals surface area contributed by atoms with Crippen LogP contribution in [-0.2, 0) is 0 Å². The number of hydrogen-bond acceptors (Lipinski definition) is 0. The minimum atomic E-state index is 0.828.